The molecule has 14 N–H and O–H groups in total. The molecule has 40 heteroatoms. The van der Waals surface area contributed by atoms with Gasteiger partial charge in [0.2, 0.25) is 52.3 Å². The Morgan fingerprint density at radius 3 is 1.75 bits per heavy atom. The molecule has 1 fully saturated rings. The lowest BCUT2D eigenvalue weighted by Gasteiger charge is -2.34. The highest BCUT2D eigenvalue weighted by atomic mass is 32.2. The Morgan fingerprint density at radius 1 is 0.724 bits per heavy atom. The molecule has 2 aromatic rings. The van der Waals surface area contributed by atoms with Crippen LogP contribution in [0.2, 0.25) is 0 Å². The SMILES string of the molecule is CC[C@H](C)[C@@H]1NC(=O)CNC(=O)[C@@H]2Cc3c([nH]c4c(CSCCOCCOCCOCCOCCOCCOCCOCCOCCOCCOCCOCCN=[N+]=[N-])c(O)ccc34)[S+]([O-])CC(C)(NC(=O)CNC1=O)C(=O)NC(CC(N)=O)C(=O)N1C[C@H](O)CC1C(=O)N[C@@H]([C@@H](C)[C@@H](O)CO)C(=O)N2. The van der Waals surface area contributed by atoms with Crippen molar-refractivity contribution in [2.45, 2.75) is 112 Å². The highest BCUT2D eigenvalue weighted by Crippen LogP contribution is 2.37. The summed E-state index contributed by atoms with van der Waals surface area (Å²) in [6, 6.07) is -5.65. The maximum absolute atomic E-state index is 15.4. The van der Waals surface area contributed by atoms with E-state index in [0.717, 1.165) is 11.8 Å². The molecule has 2 bridgehead atoms. The molecule has 3 aliphatic rings. The quantitative estimate of drug-likeness (QED) is 0.00994. The fourth-order valence-corrected chi connectivity index (χ4v) is 13.4. The summed E-state index contributed by atoms with van der Waals surface area (Å²) in [6.07, 6.45) is -4.69. The molecule has 592 valence electrons. The molecule has 105 heavy (non-hydrogen) atoms. The summed E-state index contributed by atoms with van der Waals surface area (Å²) in [4.78, 5) is 134. The van der Waals surface area contributed by atoms with Crippen LogP contribution in [0.4, 0.5) is 0 Å². The summed E-state index contributed by atoms with van der Waals surface area (Å²) in [7, 11) is 0. The second-order valence-corrected chi connectivity index (χ2v) is 27.3. The first-order valence-corrected chi connectivity index (χ1v) is 37.3. The minimum absolute atomic E-state index is 0.0435. The fourth-order valence-electron chi connectivity index (χ4n) is 10.9. The molecule has 0 aliphatic carbocycles. The second kappa shape index (κ2) is 49.2. The predicted molar refractivity (Wildman–Crippen MR) is 376 cm³/mol. The number of aromatic nitrogens is 1. The van der Waals surface area contributed by atoms with Gasteiger partial charge < -0.3 is 130 Å². The molecule has 3 aliphatic heterocycles. The number of aromatic amines is 1. The minimum atomic E-state index is -2.52. The van der Waals surface area contributed by atoms with Crippen LogP contribution in [0.15, 0.2) is 22.3 Å². The number of aromatic hydroxyl groups is 1. The number of ether oxygens (including phenoxy) is 11. The summed E-state index contributed by atoms with van der Waals surface area (Å²) in [5.41, 5.74) is 12.0. The normalized spacial score (nSPS) is 22.7. The monoisotopic (exact) mass is 1530 g/mol. The van der Waals surface area contributed by atoms with Crippen LogP contribution < -0.4 is 43.0 Å². The van der Waals surface area contributed by atoms with Crippen LogP contribution in [-0.2, 0) is 119 Å². The zero-order valence-electron chi connectivity index (χ0n) is 59.9. The first-order chi connectivity index (χ1) is 50.5. The number of amides is 9. The van der Waals surface area contributed by atoms with Crippen LogP contribution >= 0.6 is 11.8 Å². The van der Waals surface area contributed by atoms with E-state index < -0.39 is 175 Å². The van der Waals surface area contributed by atoms with Crippen molar-refractivity contribution in [1.29, 1.82) is 0 Å². The van der Waals surface area contributed by atoms with Gasteiger partial charge in [-0.25, -0.2) is 0 Å². The Labute approximate surface area is 615 Å². The van der Waals surface area contributed by atoms with Crippen molar-refractivity contribution in [3.8, 4) is 5.75 Å². The minimum Gasteiger partial charge on any atom is -0.610 e. The number of nitrogens with two attached hydrogens (primary N) is 1. The van der Waals surface area contributed by atoms with Crippen LogP contribution in [0.25, 0.3) is 21.3 Å². The highest BCUT2D eigenvalue weighted by molar-refractivity contribution is 7.98. The molecule has 0 saturated carbocycles. The number of primary amides is 1. The van der Waals surface area contributed by atoms with Gasteiger partial charge in [0.05, 0.1) is 189 Å². The summed E-state index contributed by atoms with van der Waals surface area (Å²) in [5.74, 6) is -12.0. The van der Waals surface area contributed by atoms with Crippen molar-refractivity contribution in [2.24, 2.45) is 22.7 Å². The molecule has 9 amide bonds. The molecule has 1 saturated heterocycles. The van der Waals surface area contributed by atoms with Gasteiger partial charge in [0.25, 0.3) is 5.91 Å². The summed E-state index contributed by atoms with van der Waals surface area (Å²) in [5, 5.41) is 64.4. The number of carbonyl (C=O) groups excluding carboxylic acids is 9. The Balaban J connectivity index is 1.17. The zero-order valence-corrected chi connectivity index (χ0v) is 61.6. The van der Waals surface area contributed by atoms with Crippen molar-refractivity contribution in [2.75, 3.05) is 190 Å². The first-order valence-electron chi connectivity index (χ1n) is 34.8. The van der Waals surface area contributed by atoms with Crippen molar-refractivity contribution >= 4 is 87.0 Å². The summed E-state index contributed by atoms with van der Waals surface area (Å²) in [6.45, 7) is 11.3. The molecule has 0 radical (unpaired) electrons. The van der Waals surface area contributed by atoms with Gasteiger partial charge in [-0.1, -0.05) is 32.3 Å². The number of carbonyl (C=O) groups is 9. The lowest BCUT2D eigenvalue weighted by molar-refractivity contribution is -0.144. The lowest BCUT2D eigenvalue weighted by Crippen LogP contribution is -2.65. The summed E-state index contributed by atoms with van der Waals surface area (Å²) >= 11 is -1.18. The molecular formula is C65H105N13O25S2. The number of phenolic OH excluding ortho intramolecular Hbond substituents is 1. The zero-order chi connectivity index (χ0) is 76.5. The number of nitrogens with one attached hydrogen (secondary N) is 8. The van der Waals surface area contributed by atoms with E-state index in [9.17, 15) is 63.6 Å². The largest absolute Gasteiger partial charge is 0.610 e. The number of hydrogen-bond donors (Lipinski definition) is 13. The number of aliphatic hydroxyl groups excluding tert-OH is 3. The van der Waals surface area contributed by atoms with Gasteiger partial charge in [-0.3, -0.25) is 43.2 Å². The number of H-pyrrole nitrogens is 1. The van der Waals surface area contributed by atoms with Gasteiger partial charge in [-0.15, -0.1) is 0 Å². The number of phenols is 1. The van der Waals surface area contributed by atoms with Gasteiger partial charge in [0, 0.05) is 76.0 Å². The summed E-state index contributed by atoms with van der Waals surface area (Å²) < 4.78 is 76.1. The number of aliphatic hydroxyl groups is 3. The number of thioether (sulfide) groups is 1. The van der Waals surface area contributed by atoms with Gasteiger partial charge in [0.1, 0.15) is 41.7 Å². The highest BCUT2D eigenvalue weighted by Gasteiger charge is 2.48. The smallest absolute Gasteiger partial charge is 0.251 e. The van der Waals surface area contributed by atoms with E-state index in [0.29, 0.717) is 144 Å². The van der Waals surface area contributed by atoms with Crippen LogP contribution in [0, 0.1) is 11.8 Å². The van der Waals surface area contributed by atoms with E-state index in [1.54, 1.807) is 13.8 Å². The maximum Gasteiger partial charge on any atom is 0.251 e. The van der Waals surface area contributed by atoms with Crippen LogP contribution in [0.3, 0.4) is 0 Å². The van der Waals surface area contributed by atoms with Crippen LogP contribution in [0.5, 0.6) is 5.75 Å². The molecule has 0 spiro atoms. The first kappa shape index (κ1) is 88.8. The van der Waals surface area contributed by atoms with Gasteiger partial charge in [-0.2, -0.15) is 11.8 Å². The van der Waals surface area contributed by atoms with Gasteiger partial charge in [-0.05, 0) is 30.5 Å². The molecule has 4 unspecified atom stereocenters. The average Bonchev–Trinajstić information content (AvgIpc) is 1.61. The van der Waals surface area contributed by atoms with Crippen molar-refractivity contribution < 1.29 is 120 Å². The molecule has 38 nitrogen and oxygen atoms in total. The molecule has 1 aromatic heterocycles. The number of fused-ring (bicyclic) bond motifs is 5. The van der Waals surface area contributed by atoms with Crippen LogP contribution in [0.1, 0.15) is 58.1 Å². The van der Waals surface area contributed by atoms with E-state index in [2.05, 4.69) is 52.2 Å². The molecule has 1 aromatic carbocycles. The fraction of sp³-hybridized carbons (Fsp3) is 0.738. The Morgan fingerprint density at radius 2 is 1.24 bits per heavy atom. The molecule has 11 atom stereocenters. The van der Waals surface area contributed by atoms with E-state index in [1.807, 2.05) is 0 Å². The van der Waals surface area contributed by atoms with E-state index in [4.69, 9.17) is 63.4 Å². The van der Waals surface area contributed by atoms with Crippen molar-refractivity contribution in [1.82, 2.24) is 47.1 Å². The second-order valence-electron chi connectivity index (χ2n) is 24.9. The maximum atomic E-state index is 15.4. The average molecular weight is 1530 g/mol. The third kappa shape index (κ3) is 31.1. The molecule has 5 rings (SSSR count). The Bertz CT molecular complexity index is 3100. The number of benzene rings is 1. The number of rotatable bonds is 45. The standard InChI is InChI=1S/C65H105N13O25S2/c1-5-41(2)55-60(88)69-36-54(85)76-65(4)40-105(92)62-45(33-47(58(86)68-35-53(84)73-55)71-61(89)56(42(3)51(82)38-79)74-59(87)49-32-43(80)37-78(49)63(90)48(34-52(66)83)72-64(65)91)44-6-7-50(81)46(57(44)75-62)39-104-31-30-103-29-28-102-27-26-101-25-24-100-23-22-99-21-20-98-19-18-97-17-16-96-15-14-95-13-12-94-11-10-93-9-8-70-77-67/h6-7,41-43,47-49,51,55-56,75,79-82H,5,8-40H2,1-4H3,(H2,66,83)(H,68,86)(H,69,88)(H,71,89)(H,72,91)(H,73,84)(H,74,87)(H,76,85)/t41-,42-,43+,47-,48?,49?,51-,55-,56-,65?,105?/m0/s1. The van der Waals surface area contributed by atoms with Crippen molar-refractivity contribution in [3.63, 3.8) is 0 Å². The number of nitrogens with zero attached hydrogens (tertiary/aromatic N) is 4. The van der Waals surface area contributed by atoms with E-state index >= 15 is 4.55 Å². The number of hydrogen-bond acceptors (Lipinski definition) is 27. The van der Waals surface area contributed by atoms with E-state index in [1.165, 1.54) is 30.8 Å². The third-order valence-corrected chi connectivity index (χ3v) is 19.5. The van der Waals surface area contributed by atoms with Gasteiger partial charge in [0.15, 0.2) is 5.54 Å². The lowest BCUT2D eigenvalue weighted by atomic mass is 9.93. The Kier molecular flexibility index (Phi) is 41.6. The van der Waals surface area contributed by atoms with Gasteiger partial charge >= 0.3 is 0 Å². The topological polar surface area (TPSA) is 537 Å². The Hall–Kier alpha value is -6.80. The van der Waals surface area contributed by atoms with Crippen molar-refractivity contribution in [3.05, 3.63) is 33.7 Å². The van der Waals surface area contributed by atoms with Crippen LogP contribution in [-0.4, -0.2) is 326 Å². The molecule has 4 heterocycles. The molecular weight excluding hydrogens is 1430 g/mol. The number of azide groups is 1. The van der Waals surface area contributed by atoms with E-state index in [-0.39, 0.29) is 58.4 Å². The third-order valence-electron chi connectivity index (χ3n) is 16.9. The predicted octanol–water partition coefficient (Wildman–Crippen LogP) is -3.80.